The standard InChI is InChI=1S/C18H16F2N2O2/c1-2-22(11-7-8-14(19)15(20)9-11)18(24)13-10-17(23)21-16-6-4-3-5-12(13)16/h3-9,13H,2,10H2,1H3,(H,21,23). The molecule has 24 heavy (non-hydrogen) atoms. The van der Waals surface area contributed by atoms with Gasteiger partial charge >= 0.3 is 0 Å². The van der Waals surface area contributed by atoms with E-state index in [2.05, 4.69) is 5.32 Å². The maximum atomic E-state index is 13.5. The van der Waals surface area contributed by atoms with Crippen LogP contribution in [0.25, 0.3) is 0 Å². The van der Waals surface area contributed by atoms with Crippen LogP contribution in [0.4, 0.5) is 20.2 Å². The first-order valence-electron chi connectivity index (χ1n) is 7.66. The fraction of sp³-hybridized carbons (Fsp3) is 0.222. The van der Waals surface area contributed by atoms with Gasteiger partial charge in [0, 0.05) is 30.4 Å². The van der Waals surface area contributed by atoms with Crippen molar-refractivity contribution in [2.24, 2.45) is 0 Å². The number of fused-ring (bicyclic) bond motifs is 1. The molecule has 1 aliphatic heterocycles. The van der Waals surface area contributed by atoms with Crippen molar-refractivity contribution >= 4 is 23.2 Å². The lowest BCUT2D eigenvalue weighted by molar-refractivity contribution is -0.124. The molecule has 2 amide bonds. The van der Waals surface area contributed by atoms with Crippen LogP contribution < -0.4 is 10.2 Å². The Labute approximate surface area is 138 Å². The number of rotatable bonds is 3. The lowest BCUT2D eigenvalue weighted by Gasteiger charge is -2.30. The molecule has 0 aromatic heterocycles. The zero-order valence-corrected chi connectivity index (χ0v) is 13.1. The Balaban J connectivity index is 1.97. The van der Waals surface area contributed by atoms with Crippen LogP contribution in [-0.4, -0.2) is 18.4 Å². The summed E-state index contributed by atoms with van der Waals surface area (Å²) in [6.07, 6.45) is 0.0238. The summed E-state index contributed by atoms with van der Waals surface area (Å²) in [7, 11) is 0. The number of benzene rings is 2. The number of carbonyl (C=O) groups is 2. The smallest absolute Gasteiger partial charge is 0.235 e. The van der Waals surface area contributed by atoms with Crippen LogP contribution in [0.5, 0.6) is 0 Å². The summed E-state index contributed by atoms with van der Waals surface area (Å²) in [6, 6.07) is 10.4. The molecule has 3 rings (SSSR count). The predicted octanol–water partition coefficient (Wildman–Crippen LogP) is 3.44. The third kappa shape index (κ3) is 2.87. The summed E-state index contributed by atoms with van der Waals surface area (Å²) in [6.45, 7) is 2.03. The Morgan fingerprint density at radius 2 is 1.96 bits per heavy atom. The van der Waals surface area contributed by atoms with Gasteiger partial charge in [-0.05, 0) is 30.7 Å². The normalized spacial score (nSPS) is 16.3. The molecule has 1 atom stereocenters. The minimum absolute atomic E-state index is 0.0238. The average molecular weight is 330 g/mol. The second-order valence-electron chi connectivity index (χ2n) is 5.57. The molecular formula is C18H16F2N2O2. The number of nitrogens with zero attached hydrogens (tertiary/aromatic N) is 1. The molecule has 4 nitrogen and oxygen atoms in total. The highest BCUT2D eigenvalue weighted by molar-refractivity contribution is 6.06. The van der Waals surface area contributed by atoms with E-state index in [1.165, 1.54) is 11.0 Å². The molecule has 0 radical (unpaired) electrons. The fourth-order valence-electron chi connectivity index (χ4n) is 2.94. The molecule has 1 heterocycles. The number of nitrogens with one attached hydrogen (secondary N) is 1. The summed E-state index contributed by atoms with van der Waals surface area (Å²) in [5.41, 5.74) is 1.60. The fourth-order valence-corrected chi connectivity index (χ4v) is 2.94. The number of hydrogen-bond acceptors (Lipinski definition) is 2. The third-order valence-electron chi connectivity index (χ3n) is 4.10. The SMILES string of the molecule is CCN(C(=O)C1CC(=O)Nc2ccccc21)c1ccc(F)c(F)c1. The van der Waals surface area contributed by atoms with E-state index in [1.54, 1.807) is 31.2 Å². The molecule has 0 saturated heterocycles. The van der Waals surface area contributed by atoms with Crippen LogP contribution in [0.1, 0.15) is 24.8 Å². The molecule has 0 aliphatic carbocycles. The van der Waals surface area contributed by atoms with E-state index in [-0.39, 0.29) is 30.5 Å². The first kappa shape index (κ1) is 16.1. The van der Waals surface area contributed by atoms with Crippen molar-refractivity contribution < 1.29 is 18.4 Å². The number of likely N-dealkylation sites (N-methyl/N-ethyl adjacent to an activating group) is 1. The van der Waals surface area contributed by atoms with Gasteiger partial charge in [-0.3, -0.25) is 9.59 Å². The van der Waals surface area contributed by atoms with Gasteiger partial charge in [-0.2, -0.15) is 0 Å². The molecule has 0 fully saturated rings. The van der Waals surface area contributed by atoms with E-state index in [0.29, 0.717) is 5.69 Å². The number of carbonyl (C=O) groups excluding carboxylic acids is 2. The third-order valence-corrected chi connectivity index (χ3v) is 4.10. The molecular weight excluding hydrogens is 314 g/mol. The Kier molecular flexibility index (Phi) is 4.29. The van der Waals surface area contributed by atoms with Crippen LogP contribution >= 0.6 is 0 Å². The number of halogens is 2. The van der Waals surface area contributed by atoms with Gasteiger partial charge < -0.3 is 10.2 Å². The van der Waals surface area contributed by atoms with Crippen molar-refractivity contribution in [1.29, 1.82) is 0 Å². The maximum absolute atomic E-state index is 13.5. The minimum atomic E-state index is -1.01. The summed E-state index contributed by atoms with van der Waals surface area (Å²) in [5.74, 6) is -3.19. The van der Waals surface area contributed by atoms with Crippen LogP contribution in [0.3, 0.4) is 0 Å². The van der Waals surface area contributed by atoms with Gasteiger partial charge in [-0.1, -0.05) is 18.2 Å². The molecule has 1 unspecified atom stereocenters. The first-order valence-corrected chi connectivity index (χ1v) is 7.66. The van der Waals surface area contributed by atoms with Crippen molar-refractivity contribution in [2.45, 2.75) is 19.3 Å². The van der Waals surface area contributed by atoms with E-state index in [1.807, 2.05) is 0 Å². The topological polar surface area (TPSA) is 49.4 Å². The highest BCUT2D eigenvalue weighted by atomic mass is 19.2. The zero-order valence-electron chi connectivity index (χ0n) is 13.1. The van der Waals surface area contributed by atoms with Crippen LogP contribution in [0, 0.1) is 11.6 Å². The maximum Gasteiger partial charge on any atom is 0.235 e. The minimum Gasteiger partial charge on any atom is -0.326 e. The van der Waals surface area contributed by atoms with E-state index < -0.39 is 17.6 Å². The Morgan fingerprint density at radius 1 is 1.21 bits per heavy atom. The molecule has 6 heteroatoms. The molecule has 124 valence electrons. The highest BCUT2D eigenvalue weighted by Crippen LogP contribution is 2.34. The molecule has 0 spiro atoms. The molecule has 1 aliphatic rings. The number of anilines is 2. The lowest BCUT2D eigenvalue weighted by Crippen LogP contribution is -2.38. The van der Waals surface area contributed by atoms with E-state index in [0.717, 1.165) is 17.7 Å². The van der Waals surface area contributed by atoms with E-state index >= 15 is 0 Å². The van der Waals surface area contributed by atoms with E-state index in [4.69, 9.17) is 0 Å². The predicted molar refractivity (Wildman–Crippen MR) is 86.8 cm³/mol. The van der Waals surface area contributed by atoms with Crippen molar-refractivity contribution in [3.05, 3.63) is 59.7 Å². The Morgan fingerprint density at radius 3 is 2.67 bits per heavy atom. The monoisotopic (exact) mass is 330 g/mol. The van der Waals surface area contributed by atoms with Gasteiger partial charge in [0.05, 0.1) is 5.92 Å². The van der Waals surface area contributed by atoms with Crippen molar-refractivity contribution in [3.8, 4) is 0 Å². The van der Waals surface area contributed by atoms with Gasteiger partial charge in [-0.25, -0.2) is 8.78 Å². The molecule has 2 aromatic carbocycles. The van der Waals surface area contributed by atoms with E-state index in [9.17, 15) is 18.4 Å². The number of para-hydroxylation sites is 1. The van der Waals surface area contributed by atoms with Gasteiger partial charge in [0.2, 0.25) is 11.8 Å². The molecule has 2 aromatic rings. The second kappa shape index (κ2) is 6.39. The summed E-state index contributed by atoms with van der Waals surface area (Å²) < 4.78 is 26.6. The van der Waals surface area contributed by atoms with Gasteiger partial charge in [-0.15, -0.1) is 0 Å². The van der Waals surface area contributed by atoms with Crippen molar-refractivity contribution in [1.82, 2.24) is 0 Å². The number of hydrogen-bond donors (Lipinski definition) is 1. The molecule has 0 saturated carbocycles. The zero-order chi connectivity index (χ0) is 17.3. The summed E-state index contributed by atoms with van der Waals surface area (Å²) in [5, 5.41) is 2.74. The summed E-state index contributed by atoms with van der Waals surface area (Å²) in [4.78, 5) is 26.2. The van der Waals surface area contributed by atoms with Crippen LogP contribution in [-0.2, 0) is 9.59 Å². The van der Waals surface area contributed by atoms with Gasteiger partial charge in [0.25, 0.3) is 0 Å². The second-order valence-corrected chi connectivity index (χ2v) is 5.57. The lowest BCUT2D eigenvalue weighted by atomic mass is 9.89. The van der Waals surface area contributed by atoms with Crippen molar-refractivity contribution in [2.75, 3.05) is 16.8 Å². The molecule has 0 bridgehead atoms. The quantitative estimate of drug-likeness (QED) is 0.937. The molecule has 1 N–H and O–H groups in total. The first-order chi connectivity index (χ1) is 11.5. The Bertz CT molecular complexity index is 807. The van der Waals surface area contributed by atoms with Crippen LogP contribution in [0.15, 0.2) is 42.5 Å². The number of amides is 2. The van der Waals surface area contributed by atoms with Crippen LogP contribution in [0.2, 0.25) is 0 Å². The largest absolute Gasteiger partial charge is 0.326 e. The summed E-state index contributed by atoms with van der Waals surface area (Å²) >= 11 is 0. The van der Waals surface area contributed by atoms with Crippen molar-refractivity contribution in [3.63, 3.8) is 0 Å². The average Bonchev–Trinajstić information content (AvgIpc) is 2.57. The Hall–Kier alpha value is -2.76. The van der Waals surface area contributed by atoms with Gasteiger partial charge in [0.1, 0.15) is 0 Å². The van der Waals surface area contributed by atoms with Gasteiger partial charge in [0.15, 0.2) is 11.6 Å². The highest BCUT2D eigenvalue weighted by Gasteiger charge is 2.33.